The van der Waals surface area contributed by atoms with Gasteiger partial charge in [0.2, 0.25) is 0 Å². The topological polar surface area (TPSA) is 64.3 Å². The van der Waals surface area contributed by atoms with Gasteiger partial charge in [-0.1, -0.05) is 30.9 Å². The highest BCUT2D eigenvalue weighted by Crippen LogP contribution is 2.26. The predicted octanol–water partition coefficient (Wildman–Crippen LogP) is 4.02. The number of carbonyl (C=O) groups is 1. The molecular formula is C17H23Cl2FN2O2. The molecule has 0 saturated heterocycles. The number of nitrogens with two attached hydrogens (primary N) is 1. The van der Waals surface area contributed by atoms with Crippen LogP contribution in [0.4, 0.5) is 4.39 Å². The van der Waals surface area contributed by atoms with E-state index in [0.29, 0.717) is 11.3 Å². The molecule has 134 valence electrons. The van der Waals surface area contributed by atoms with E-state index in [-0.39, 0.29) is 42.5 Å². The van der Waals surface area contributed by atoms with Gasteiger partial charge in [-0.15, -0.1) is 12.4 Å². The molecule has 24 heavy (non-hydrogen) atoms. The summed E-state index contributed by atoms with van der Waals surface area (Å²) in [5, 5.41) is 3.31. The maximum absolute atomic E-state index is 13.2. The second-order valence-electron chi connectivity index (χ2n) is 5.63. The molecule has 0 aromatic heterocycles. The van der Waals surface area contributed by atoms with Crippen LogP contribution in [-0.2, 0) is 0 Å². The van der Waals surface area contributed by atoms with Crippen molar-refractivity contribution in [3.63, 3.8) is 0 Å². The Morgan fingerprint density at radius 1 is 1.38 bits per heavy atom. The first-order valence-electron chi connectivity index (χ1n) is 7.88. The summed E-state index contributed by atoms with van der Waals surface area (Å²) in [6.07, 6.45) is 6.82. The van der Waals surface area contributed by atoms with Crippen molar-refractivity contribution in [2.45, 2.75) is 38.1 Å². The maximum Gasteiger partial charge on any atom is 0.251 e. The molecule has 0 spiro atoms. The minimum atomic E-state index is -0.456. The van der Waals surface area contributed by atoms with Gasteiger partial charge >= 0.3 is 0 Å². The smallest absolute Gasteiger partial charge is 0.251 e. The van der Waals surface area contributed by atoms with Crippen LogP contribution in [0, 0.1) is 0 Å². The first kappa shape index (κ1) is 20.7. The molecule has 0 atom stereocenters. The first-order valence-corrected chi connectivity index (χ1v) is 8.25. The highest BCUT2D eigenvalue weighted by atomic mass is 35.5. The monoisotopic (exact) mass is 376 g/mol. The van der Waals surface area contributed by atoms with Gasteiger partial charge in [-0.05, 0) is 37.1 Å². The van der Waals surface area contributed by atoms with Crippen LogP contribution in [-0.4, -0.2) is 25.1 Å². The van der Waals surface area contributed by atoms with Gasteiger partial charge in [-0.25, -0.2) is 4.39 Å². The van der Waals surface area contributed by atoms with Gasteiger partial charge in [0, 0.05) is 18.2 Å². The summed E-state index contributed by atoms with van der Waals surface area (Å²) in [7, 11) is 0. The molecule has 4 nitrogen and oxygen atoms in total. The zero-order valence-electron chi connectivity index (χ0n) is 13.4. The molecule has 0 heterocycles. The molecule has 0 unspecified atom stereocenters. The Labute approximate surface area is 153 Å². The number of hydrogen-bond donors (Lipinski definition) is 2. The van der Waals surface area contributed by atoms with E-state index in [1.807, 2.05) is 0 Å². The molecule has 2 rings (SSSR count). The summed E-state index contributed by atoms with van der Waals surface area (Å²) < 4.78 is 18.5. The van der Waals surface area contributed by atoms with E-state index in [9.17, 15) is 9.18 Å². The molecule has 1 saturated carbocycles. The van der Waals surface area contributed by atoms with Crippen LogP contribution in [0.15, 0.2) is 30.1 Å². The van der Waals surface area contributed by atoms with E-state index in [2.05, 4.69) is 5.32 Å². The van der Waals surface area contributed by atoms with Gasteiger partial charge in [0.1, 0.15) is 18.2 Å². The maximum atomic E-state index is 13.2. The number of halogens is 3. The molecule has 0 radical (unpaired) electrons. The summed E-state index contributed by atoms with van der Waals surface area (Å²) in [5.74, 6) is -0.260. The van der Waals surface area contributed by atoms with Crippen molar-refractivity contribution < 1.29 is 13.9 Å². The standard InChI is InChI=1S/C17H22ClFN2O2.ClH/c18-15-10-12(17(22)21-14-4-2-1-3-5-14)6-7-16(15)23-11-13(19)8-9-20;/h6-8,10,14H,1-5,9,11,20H2,(H,21,22);1H/b13-8+;. The SMILES string of the molecule is Cl.NC/C=C(/F)COc1ccc(C(=O)NC2CCCCC2)cc1Cl. The third-order valence-corrected chi connectivity index (χ3v) is 4.13. The molecule has 1 aromatic carbocycles. The molecule has 1 aliphatic rings. The third-order valence-electron chi connectivity index (χ3n) is 3.84. The second-order valence-corrected chi connectivity index (χ2v) is 6.04. The van der Waals surface area contributed by atoms with Crippen LogP contribution >= 0.6 is 24.0 Å². The Kier molecular flexibility index (Phi) is 9.11. The van der Waals surface area contributed by atoms with Gasteiger partial charge < -0.3 is 15.8 Å². The fourth-order valence-corrected chi connectivity index (χ4v) is 2.84. The van der Waals surface area contributed by atoms with Crippen LogP contribution in [0.25, 0.3) is 0 Å². The lowest BCUT2D eigenvalue weighted by Gasteiger charge is -2.22. The predicted molar refractivity (Wildman–Crippen MR) is 96.8 cm³/mol. The number of nitrogens with one attached hydrogen (secondary N) is 1. The number of carbonyl (C=O) groups excluding carboxylic acids is 1. The summed E-state index contributed by atoms with van der Waals surface area (Å²) in [4.78, 5) is 12.2. The van der Waals surface area contributed by atoms with Crippen LogP contribution in [0.2, 0.25) is 5.02 Å². The molecule has 3 N–H and O–H groups in total. The fourth-order valence-electron chi connectivity index (χ4n) is 2.61. The Morgan fingerprint density at radius 2 is 2.08 bits per heavy atom. The minimum Gasteiger partial charge on any atom is -0.485 e. The number of benzene rings is 1. The van der Waals surface area contributed by atoms with Crippen molar-refractivity contribution >= 4 is 29.9 Å². The van der Waals surface area contributed by atoms with Crippen molar-refractivity contribution in [1.82, 2.24) is 5.32 Å². The molecule has 1 aliphatic carbocycles. The minimum absolute atomic E-state index is 0. The van der Waals surface area contributed by atoms with Gasteiger partial charge in [0.05, 0.1) is 5.02 Å². The molecular weight excluding hydrogens is 354 g/mol. The van der Waals surface area contributed by atoms with Crippen molar-refractivity contribution in [2.75, 3.05) is 13.2 Å². The van der Waals surface area contributed by atoms with Crippen LogP contribution < -0.4 is 15.8 Å². The molecule has 7 heteroatoms. The normalized spacial score (nSPS) is 15.5. The molecule has 0 aliphatic heterocycles. The van der Waals surface area contributed by atoms with Crippen LogP contribution in [0.5, 0.6) is 5.75 Å². The highest BCUT2D eigenvalue weighted by molar-refractivity contribution is 6.32. The number of ether oxygens (including phenoxy) is 1. The Hall–Kier alpha value is -1.30. The van der Waals surface area contributed by atoms with Crippen molar-refractivity contribution in [2.24, 2.45) is 5.73 Å². The summed E-state index contributed by atoms with van der Waals surface area (Å²) in [5.41, 5.74) is 5.69. The van der Waals surface area contributed by atoms with Gasteiger partial charge in [0.25, 0.3) is 5.91 Å². The Bertz CT molecular complexity index is 576. The van der Waals surface area contributed by atoms with Crippen molar-refractivity contribution in [3.05, 3.63) is 40.7 Å². The zero-order chi connectivity index (χ0) is 16.7. The zero-order valence-corrected chi connectivity index (χ0v) is 15.0. The van der Waals surface area contributed by atoms with Gasteiger partial charge in [-0.3, -0.25) is 4.79 Å². The molecule has 0 bridgehead atoms. The lowest BCUT2D eigenvalue weighted by Crippen LogP contribution is -2.36. The summed E-state index contributed by atoms with van der Waals surface area (Å²) in [6, 6.07) is 4.98. The van der Waals surface area contributed by atoms with Crippen LogP contribution in [0.3, 0.4) is 0 Å². The summed E-state index contributed by atoms with van der Waals surface area (Å²) in [6.45, 7) is -0.117. The van der Waals surface area contributed by atoms with Crippen molar-refractivity contribution in [3.8, 4) is 5.75 Å². The van der Waals surface area contributed by atoms with E-state index >= 15 is 0 Å². The second kappa shape index (κ2) is 10.5. The quantitative estimate of drug-likeness (QED) is 0.787. The van der Waals surface area contributed by atoms with Crippen LogP contribution in [0.1, 0.15) is 42.5 Å². The lowest BCUT2D eigenvalue weighted by atomic mass is 9.95. The van der Waals surface area contributed by atoms with Gasteiger partial charge in [-0.2, -0.15) is 0 Å². The summed E-state index contributed by atoms with van der Waals surface area (Å²) >= 11 is 6.11. The number of rotatable bonds is 6. The van der Waals surface area contributed by atoms with Crippen molar-refractivity contribution in [1.29, 1.82) is 0 Å². The average molecular weight is 377 g/mol. The average Bonchev–Trinajstić information content (AvgIpc) is 2.55. The third kappa shape index (κ3) is 6.30. The lowest BCUT2D eigenvalue weighted by molar-refractivity contribution is 0.0927. The number of amides is 1. The fraction of sp³-hybridized carbons (Fsp3) is 0.471. The highest BCUT2D eigenvalue weighted by Gasteiger charge is 2.17. The van der Waals surface area contributed by atoms with E-state index in [4.69, 9.17) is 22.1 Å². The van der Waals surface area contributed by atoms with E-state index in [1.165, 1.54) is 12.5 Å². The Balaban J connectivity index is 0.00000288. The molecule has 1 fully saturated rings. The van der Waals surface area contributed by atoms with E-state index in [0.717, 1.165) is 25.7 Å². The molecule has 1 amide bonds. The number of hydrogen-bond acceptors (Lipinski definition) is 3. The van der Waals surface area contributed by atoms with E-state index < -0.39 is 5.83 Å². The van der Waals surface area contributed by atoms with Gasteiger partial charge in [0.15, 0.2) is 0 Å². The first-order chi connectivity index (χ1) is 11.1. The largest absolute Gasteiger partial charge is 0.485 e. The molecule has 1 aromatic rings. The Morgan fingerprint density at radius 3 is 2.71 bits per heavy atom. The van der Waals surface area contributed by atoms with E-state index in [1.54, 1.807) is 18.2 Å².